The molecule has 7 heteroatoms. The number of para-hydroxylation sites is 2. The van der Waals surface area contributed by atoms with Gasteiger partial charge < -0.3 is 24.6 Å². The number of piperazine rings is 1. The number of anilines is 2. The van der Waals surface area contributed by atoms with Crippen molar-refractivity contribution in [3.63, 3.8) is 0 Å². The zero-order valence-corrected chi connectivity index (χ0v) is 18.4. The van der Waals surface area contributed by atoms with Crippen molar-refractivity contribution in [2.75, 3.05) is 49.6 Å². The molecule has 0 bridgehead atoms. The number of nitrogens with zero attached hydrogens (tertiary/aromatic N) is 3. The number of pyridine rings is 1. The van der Waals surface area contributed by atoms with Crippen LogP contribution >= 0.6 is 0 Å². The van der Waals surface area contributed by atoms with Gasteiger partial charge >= 0.3 is 6.03 Å². The van der Waals surface area contributed by atoms with Gasteiger partial charge in [-0.05, 0) is 51.0 Å². The molecule has 1 saturated heterocycles. The maximum atomic E-state index is 12.9. The summed E-state index contributed by atoms with van der Waals surface area (Å²) >= 11 is 0. The molecule has 0 spiro atoms. The van der Waals surface area contributed by atoms with Crippen molar-refractivity contribution in [3.05, 3.63) is 41.6 Å². The van der Waals surface area contributed by atoms with Gasteiger partial charge in [-0.3, -0.25) is 0 Å². The van der Waals surface area contributed by atoms with Gasteiger partial charge in [0.2, 0.25) is 5.88 Å². The number of ether oxygens (including phenoxy) is 2. The van der Waals surface area contributed by atoms with Crippen molar-refractivity contribution in [2.24, 2.45) is 0 Å². The summed E-state index contributed by atoms with van der Waals surface area (Å²) in [6, 6.07) is 9.90. The fourth-order valence-electron chi connectivity index (χ4n) is 3.66. The molecule has 1 fully saturated rings. The van der Waals surface area contributed by atoms with Gasteiger partial charge in [0.1, 0.15) is 11.4 Å². The second kappa shape index (κ2) is 10.2. The largest absolute Gasteiger partial charge is 0.492 e. The summed E-state index contributed by atoms with van der Waals surface area (Å²) in [6.45, 7) is 11.8. The highest BCUT2D eigenvalue weighted by Crippen LogP contribution is 2.29. The lowest BCUT2D eigenvalue weighted by Crippen LogP contribution is -2.50. The maximum Gasteiger partial charge on any atom is 0.322 e. The maximum absolute atomic E-state index is 12.9. The molecule has 2 aromatic rings. The molecule has 1 aliphatic rings. The number of carbonyl (C=O) groups is 1. The van der Waals surface area contributed by atoms with E-state index in [1.165, 1.54) is 0 Å². The molecule has 7 nitrogen and oxygen atoms in total. The number of benzene rings is 1. The van der Waals surface area contributed by atoms with Crippen molar-refractivity contribution in [1.29, 1.82) is 0 Å². The van der Waals surface area contributed by atoms with Crippen LogP contribution in [0.25, 0.3) is 0 Å². The highest BCUT2D eigenvalue weighted by atomic mass is 16.5. The van der Waals surface area contributed by atoms with Gasteiger partial charge in [-0.15, -0.1) is 0 Å². The first-order valence-electron chi connectivity index (χ1n) is 10.7. The van der Waals surface area contributed by atoms with Crippen molar-refractivity contribution in [1.82, 2.24) is 9.88 Å². The average molecular weight is 413 g/mol. The molecule has 0 unspecified atom stereocenters. The van der Waals surface area contributed by atoms with Crippen molar-refractivity contribution in [3.8, 4) is 11.6 Å². The minimum atomic E-state index is -0.124. The Kier molecular flexibility index (Phi) is 7.38. The molecule has 2 heterocycles. The van der Waals surface area contributed by atoms with Crippen LogP contribution in [0.15, 0.2) is 30.3 Å². The minimum absolute atomic E-state index is 0.124. The zero-order chi connectivity index (χ0) is 21.5. The predicted octanol–water partition coefficient (Wildman–Crippen LogP) is 4.10. The van der Waals surface area contributed by atoms with Crippen LogP contribution in [0, 0.1) is 6.92 Å². The third-order valence-electron chi connectivity index (χ3n) is 5.26. The first-order chi connectivity index (χ1) is 14.6. The van der Waals surface area contributed by atoms with Crippen LogP contribution in [0.3, 0.4) is 0 Å². The van der Waals surface area contributed by atoms with E-state index in [1.54, 1.807) is 0 Å². The second-order valence-corrected chi connectivity index (χ2v) is 7.18. The van der Waals surface area contributed by atoms with E-state index in [9.17, 15) is 4.79 Å². The van der Waals surface area contributed by atoms with Gasteiger partial charge in [0.15, 0.2) is 0 Å². The van der Waals surface area contributed by atoms with Crippen molar-refractivity contribution >= 4 is 17.4 Å². The molecule has 0 saturated carbocycles. The quantitative estimate of drug-likeness (QED) is 0.741. The summed E-state index contributed by atoms with van der Waals surface area (Å²) in [6.07, 6.45) is 0.853. The Morgan fingerprint density at radius 3 is 2.43 bits per heavy atom. The lowest BCUT2D eigenvalue weighted by molar-refractivity contribution is 0.207. The molecule has 162 valence electrons. The summed E-state index contributed by atoms with van der Waals surface area (Å²) in [5.74, 6) is 1.36. The van der Waals surface area contributed by atoms with Crippen LogP contribution in [-0.4, -0.2) is 55.3 Å². The highest BCUT2D eigenvalue weighted by Gasteiger charge is 2.24. The summed E-state index contributed by atoms with van der Waals surface area (Å²) in [5.41, 5.74) is 3.74. The molecular formula is C23H32N4O3. The van der Waals surface area contributed by atoms with Crippen LogP contribution < -0.4 is 19.7 Å². The summed E-state index contributed by atoms with van der Waals surface area (Å²) in [7, 11) is 0. The van der Waals surface area contributed by atoms with Crippen molar-refractivity contribution in [2.45, 2.75) is 34.1 Å². The van der Waals surface area contributed by atoms with E-state index in [0.29, 0.717) is 37.9 Å². The smallest absolute Gasteiger partial charge is 0.322 e. The SMILES string of the molecule is CCOc1ccccc1N1CCN(C(=O)Nc2cc(CC)c(C)nc2OCC)CC1. The molecule has 2 amide bonds. The number of hydrogen-bond donors (Lipinski definition) is 1. The number of nitrogens with one attached hydrogen (secondary N) is 1. The normalized spacial score (nSPS) is 13.9. The van der Waals surface area contributed by atoms with E-state index in [4.69, 9.17) is 9.47 Å². The minimum Gasteiger partial charge on any atom is -0.492 e. The standard InChI is InChI=1S/C23H32N4O3/c1-5-18-16-19(22(30-7-3)24-17(18)4)25-23(28)27-14-12-26(13-15-27)20-10-8-9-11-21(20)29-6-2/h8-11,16H,5-7,12-15H2,1-4H3,(H,25,28). The summed E-state index contributed by atoms with van der Waals surface area (Å²) < 4.78 is 11.4. The van der Waals surface area contributed by atoms with E-state index in [1.807, 2.05) is 49.9 Å². The van der Waals surface area contributed by atoms with E-state index < -0.39 is 0 Å². The first kappa shape index (κ1) is 21.7. The molecule has 0 atom stereocenters. The van der Waals surface area contributed by atoms with Crippen LogP contribution in [0.1, 0.15) is 32.0 Å². The average Bonchev–Trinajstić information content (AvgIpc) is 2.76. The Bertz CT molecular complexity index is 864. The molecule has 1 aliphatic heterocycles. The van der Waals surface area contributed by atoms with Gasteiger partial charge in [0, 0.05) is 31.9 Å². The fraction of sp³-hybridized carbons (Fsp3) is 0.478. The molecular weight excluding hydrogens is 380 g/mol. The topological polar surface area (TPSA) is 66.9 Å². The number of carbonyl (C=O) groups excluding carboxylic acids is 1. The van der Waals surface area contributed by atoms with Gasteiger partial charge in [-0.25, -0.2) is 9.78 Å². The molecule has 30 heavy (non-hydrogen) atoms. The molecule has 0 aliphatic carbocycles. The third kappa shape index (κ3) is 4.96. The summed E-state index contributed by atoms with van der Waals surface area (Å²) in [5, 5.41) is 3.01. The Morgan fingerprint density at radius 1 is 1.07 bits per heavy atom. The zero-order valence-electron chi connectivity index (χ0n) is 18.4. The van der Waals surface area contributed by atoms with Gasteiger partial charge in [-0.2, -0.15) is 0 Å². The number of aromatic nitrogens is 1. The summed E-state index contributed by atoms with van der Waals surface area (Å²) in [4.78, 5) is 21.5. The monoisotopic (exact) mass is 412 g/mol. The number of urea groups is 1. The van der Waals surface area contributed by atoms with Gasteiger partial charge in [0.25, 0.3) is 0 Å². The third-order valence-corrected chi connectivity index (χ3v) is 5.26. The lowest BCUT2D eigenvalue weighted by atomic mass is 10.1. The van der Waals surface area contributed by atoms with Crippen LogP contribution in [-0.2, 0) is 6.42 Å². The Labute approximate surface area is 179 Å². The molecule has 1 aromatic carbocycles. The van der Waals surface area contributed by atoms with E-state index in [-0.39, 0.29) is 6.03 Å². The number of hydrogen-bond acceptors (Lipinski definition) is 5. The Morgan fingerprint density at radius 2 is 1.77 bits per heavy atom. The van der Waals surface area contributed by atoms with Crippen LogP contribution in [0.5, 0.6) is 11.6 Å². The second-order valence-electron chi connectivity index (χ2n) is 7.18. The predicted molar refractivity (Wildman–Crippen MR) is 120 cm³/mol. The molecule has 1 N–H and O–H groups in total. The van der Waals surface area contributed by atoms with E-state index >= 15 is 0 Å². The number of aryl methyl sites for hydroxylation is 2. The van der Waals surface area contributed by atoms with Gasteiger partial charge in [0.05, 0.1) is 18.9 Å². The Balaban J connectivity index is 1.66. The highest BCUT2D eigenvalue weighted by molar-refractivity contribution is 5.91. The number of amides is 2. The van der Waals surface area contributed by atoms with Gasteiger partial charge in [-0.1, -0.05) is 19.1 Å². The van der Waals surface area contributed by atoms with Crippen molar-refractivity contribution < 1.29 is 14.3 Å². The fourth-order valence-corrected chi connectivity index (χ4v) is 3.66. The van der Waals surface area contributed by atoms with Crippen LogP contribution in [0.2, 0.25) is 0 Å². The lowest BCUT2D eigenvalue weighted by Gasteiger charge is -2.36. The van der Waals surface area contributed by atoms with E-state index in [0.717, 1.165) is 42.2 Å². The van der Waals surface area contributed by atoms with E-state index in [2.05, 4.69) is 28.2 Å². The number of rotatable bonds is 7. The van der Waals surface area contributed by atoms with Crippen LogP contribution in [0.4, 0.5) is 16.2 Å². The molecule has 1 aromatic heterocycles. The molecule has 3 rings (SSSR count). The molecule has 0 radical (unpaired) electrons. The first-order valence-corrected chi connectivity index (χ1v) is 10.7. The Hall–Kier alpha value is -2.96.